The Morgan fingerprint density at radius 1 is 0.913 bits per heavy atom. The molecule has 5 heteroatoms. The molecule has 1 aromatic heterocycles. The van der Waals surface area contributed by atoms with Crippen molar-refractivity contribution in [1.82, 2.24) is 0 Å². The maximum Gasteiger partial charge on any atom is 0.416 e. The third kappa shape index (κ3) is 3.95. The van der Waals surface area contributed by atoms with E-state index in [1.54, 1.807) is 12.1 Å². The molecule has 0 saturated carbocycles. The van der Waals surface area contributed by atoms with Gasteiger partial charge in [0.1, 0.15) is 0 Å². The van der Waals surface area contributed by atoms with Crippen LogP contribution < -0.4 is 0 Å². The molecule has 0 saturated heterocycles. The average molecular weight is 353 g/mol. The van der Waals surface area contributed by atoms with Crippen LogP contribution in [0.3, 0.4) is 0 Å². The average Bonchev–Trinajstić information content (AvgIpc) is 2.95. The first-order chi connectivity index (χ1) is 10.9. The van der Waals surface area contributed by atoms with E-state index >= 15 is 0 Å². The van der Waals surface area contributed by atoms with E-state index in [2.05, 4.69) is 0 Å². The smallest absolute Gasteiger partial charge is 0.166 e. The molecule has 0 unspecified atom stereocenters. The lowest BCUT2D eigenvalue weighted by Gasteiger charge is -2.08. The van der Waals surface area contributed by atoms with Crippen LogP contribution in [0.25, 0.3) is 11.1 Å². The van der Waals surface area contributed by atoms with Crippen LogP contribution in [0.15, 0.2) is 60.0 Å². The molecule has 23 heavy (non-hydrogen) atoms. The van der Waals surface area contributed by atoms with E-state index in [9.17, 15) is 13.2 Å². The summed E-state index contributed by atoms with van der Waals surface area (Å²) in [5.41, 5.74) is 2.07. The van der Waals surface area contributed by atoms with Gasteiger partial charge in [0.15, 0.2) is 0 Å². The number of alkyl halides is 3. The van der Waals surface area contributed by atoms with Gasteiger partial charge < -0.3 is 0 Å². The molecule has 0 amide bonds. The summed E-state index contributed by atoms with van der Waals surface area (Å²) in [6.45, 7) is 0. The van der Waals surface area contributed by atoms with Gasteiger partial charge in [-0.15, -0.1) is 11.3 Å². The molecule has 0 spiro atoms. The van der Waals surface area contributed by atoms with Crippen LogP contribution in [0.2, 0.25) is 5.02 Å². The van der Waals surface area contributed by atoms with Crippen molar-refractivity contribution in [1.29, 1.82) is 0 Å². The fourth-order valence-electron chi connectivity index (χ4n) is 2.35. The Balaban J connectivity index is 1.82. The van der Waals surface area contributed by atoms with Gasteiger partial charge in [0, 0.05) is 16.3 Å². The fraction of sp³-hybridized carbons (Fsp3) is 0.111. The number of hydrogen-bond donors (Lipinski definition) is 0. The minimum absolute atomic E-state index is 0.481. The minimum Gasteiger partial charge on any atom is -0.166 e. The van der Waals surface area contributed by atoms with Crippen molar-refractivity contribution in [2.24, 2.45) is 0 Å². The Kier molecular flexibility index (Phi) is 4.46. The highest BCUT2D eigenvalue weighted by Gasteiger charge is 2.30. The fourth-order valence-corrected chi connectivity index (χ4v) is 3.47. The highest BCUT2D eigenvalue weighted by molar-refractivity contribution is 7.10. The van der Waals surface area contributed by atoms with Crippen LogP contribution in [0.1, 0.15) is 16.0 Å². The lowest BCUT2D eigenvalue weighted by Crippen LogP contribution is -2.05. The van der Waals surface area contributed by atoms with E-state index in [0.29, 0.717) is 17.0 Å². The minimum atomic E-state index is -4.31. The molecule has 0 radical (unpaired) electrons. The molecule has 3 rings (SSSR count). The second-order valence-corrected chi connectivity index (χ2v) is 6.62. The van der Waals surface area contributed by atoms with Gasteiger partial charge in [0.2, 0.25) is 0 Å². The predicted molar refractivity (Wildman–Crippen MR) is 89.0 cm³/mol. The van der Waals surface area contributed by atoms with Gasteiger partial charge in [0.25, 0.3) is 0 Å². The Bertz CT molecular complexity index is 821. The zero-order valence-electron chi connectivity index (χ0n) is 11.9. The van der Waals surface area contributed by atoms with Crippen LogP contribution >= 0.6 is 22.9 Å². The number of hydrogen-bond acceptors (Lipinski definition) is 1. The molecule has 3 aromatic rings. The van der Waals surface area contributed by atoms with Gasteiger partial charge in [-0.25, -0.2) is 0 Å². The highest BCUT2D eigenvalue weighted by atomic mass is 35.5. The summed E-state index contributed by atoms with van der Waals surface area (Å²) < 4.78 is 38.3. The molecule has 0 bridgehead atoms. The van der Waals surface area contributed by atoms with Crippen molar-refractivity contribution in [2.75, 3.05) is 0 Å². The normalized spacial score (nSPS) is 11.7. The lowest BCUT2D eigenvalue weighted by molar-refractivity contribution is -0.137. The third-order valence-electron chi connectivity index (χ3n) is 3.44. The van der Waals surface area contributed by atoms with E-state index in [1.807, 2.05) is 29.6 Å². The third-order valence-corrected chi connectivity index (χ3v) is 4.62. The van der Waals surface area contributed by atoms with Gasteiger partial charge in [-0.1, -0.05) is 41.9 Å². The first kappa shape index (κ1) is 16.1. The summed E-state index contributed by atoms with van der Waals surface area (Å²) >= 11 is 7.52. The first-order valence-electron chi connectivity index (χ1n) is 6.91. The van der Waals surface area contributed by atoms with Crippen LogP contribution in [-0.4, -0.2) is 0 Å². The van der Waals surface area contributed by atoms with Crippen LogP contribution in [0.4, 0.5) is 13.2 Å². The Hall–Kier alpha value is -1.78. The molecule has 118 valence electrons. The quantitative estimate of drug-likeness (QED) is 0.493. The second-order valence-electron chi connectivity index (χ2n) is 5.19. The summed E-state index contributed by atoms with van der Waals surface area (Å²) in [4.78, 5) is 1.01. The van der Waals surface area contributed by atoms with Crippen molar-refractivity contribution >= 4 is 22.9 Å². The summed E-state index contributed by atoms with van der Waals surface area (Å²) in [6, 6.07) is 15.0. The first-order valence-corrected chi connectivity index (χ1v) is 8.17. The van der Waals surface area contributed by atoms with E-state index in [4.69, 9.17) is 11.6 Å². The maximum absolute atomic E-state index is 12.8. The highest BCUT2D eigenvalue weighted by Crippen LogP contribution is 2.32. The van der Waals surface area contributed by atoms with E-state index in [1.165, 1.54) is 23.5 Å². The van der Waals surface area contributed by atoms with Gasteiger partial charge >= 0.3 is 6.18 Å². The molecule has 0 nitrogen and oxygen atoms in total. The van der Waals surface area contributed by atoms with E-state index < -0.39 is 11.7 Å². The zero-order chi connectivity index (χ0) is 16.4. The van der Waals surface area contributed by atoms with Crippen molar-refractivity contribution in [2.45, 2.75) is 12.6 Å². The van der Waals surface area contributed by atoms with Crippen LogP contribution in [0.5, 0.6) is 0 Å². The monoisotopic (exact) mass is 352 g/mol. The summed E-state index contributed by atoms with van der Waals surface area (Å²) in [5, 5.41) is 2.65. The molecule has 0 aliphatic rings. The Morgan fingerprint density at radius 2 is 1.70 bits per heavy atom. The van der Waals surface area contributed by atoms with Crippen molar-refractivity contribution < 1.29 is 13.2 Å². The van der Waals surface area contributed by atoms with Crippen molar-refractivity contribution in [3.05, 3.63) is 81.0 Å². The van der Waals surface area contributed by atoms with Gasteiger partial charge in [-0.05, 0) is 46.3 Å². The molecule has 0 atom stereocenters. The molecular weight excluding hydrogens is 341 g/mol. The maximum atomic E-state index is 12.8. The topological polar surface area (TPSA) is 0 Å². The number of thiophene rings is 1. The number of halogens is 4. The zero-order valence-corrected chi connectivity index (χ0v) is 13.5. The molecule has 2 aromatic carbocycles. The largest absolute Gasteiger partial charge is 0.416 e. The SMILES string of the molecule is FC(F)(F)c1cccc(Cc2cc(-c3cccc(Cl)c3)cs2)c1. The molecule has 0 aliphatic carbocycles. The number of benzene rings is 2. The molecule has 0 aliphatic heterocycles. The summed E-state index contributed by atoms with van der Waals surface area (Å²) in [6.07, 6.45) is -3.83. The predicted octanol–water partition coefficient (Wildman–Crippen LogP) is 6.68. The summed E-state index contributed by atoms with van der Waals surface area (Å²) in [5.74, 6) is 0. The standard InChI is InChI=1S/C18H12ClF3S/c19-16-6-2-4-13(9-16)14-10-17(23-11-14)8-12-3-1-5-15(7-12)18(20,21)22/h1-7,9-11H,8H2. The van der Waals surface area contributed by atoms with E-state index in [0.717, 1.165) is 22.1 Å². The van der Waals surface area contributed by atoms with Gasteiger partial charge in [-0.2, -0.15) is 13.2 Å². The molecule has 0 fully saturated rings. The second kappa shape index (κ2) is 6.38. The Labute approximate surface area is 141 Å². The van der Waals surface area contributed by atoms with Crippen LogP contribution in [0, 0.1) is 0 Å². The molecule has 0 N–H and O–H groups in total. The summed E-state index contributed by atoms with van der Waals surface area (Å²) in [7, 11) is 0. The lowest BCUT2D eigenvalue weighted by atomic mass is 10.1. The number of rotatable bonds is 3. The molecular formula is C18H12ClF3S. The Morgan fingerprint density at radius 3 is 2.43 bits per heavy atom. The van der Waals surface area contributed by atoms with Crippen LogP contribution in [-0.2, 0) is 12.6 Å². The van der Waals surface area contributed by atoms with Gasteiger partial charge in [0.05, 0.1) is 5.56 Å². The van der Waals surface area contributed by atoms with Crippen molar-refractivity contribution in [3.8, 4) is 11.1 Å². The molecule has 1 heterocycles. The van der Waals surface area contributed by atoms with Crippen molar-refractivity contribution in [3.63, 3.8) is 0 Å². The van der Waals surface area contributed by atoms with Gasteiger partial charge in [-0.3, -0.25) is 0 Å². The van der Waals surface area contributed by atoms with E-state index in [-0.39, 0.29) is 0 Å².